The first-order chi connectivity index (χ1) is 14.8. The molecule has 30 heavy (non-hydrogen) atoms. The van der Waals surface area contributed by atoms with Gasteiger partial charge in [-0.1, -0.05) is 60.7 Å². The van der Waals surface area contributed by atoms with Crippen molar-refractivity contribution in [3.05, 3.63) is 71.8 Å². The van der Waals surface area contributed by atoms with Crippen molar-refractivity contribution in [1.29, 1.82) is 0 Å². The van der Waals surface area contributed by atoms with Crippen molar-refractivity contribution in [2.24, 2.45) is 0 Å². The number of morpholine rings is 1. The third-order valence-corrected chi connectivity index (χ3v) is 7.00. The molecule has 1 unspecified atom stereocenters. The van der Waals surface area contributed by atoms with Gasteiger partial charge in [-0.05, 0) is 23.3 Å². The molecule has 0 spiro atoms. The molecule has 0 saturated carbocycles. The summed E-state index contributed by atoms with van der Waals surface area (Å²) in [6.07, 6.45) is 1.04. The Bertz CT molecular complexity index is 744. The Balaban J connectivity index is 1.52. The first-order valence-electron chi connectivity index (χ1n) is 10.9. The van der Waals surface area contributed by atoms with Crippen LogP contribution in [0.25, 0.3) is 0 Å². The van der Waals surface area contributed by atoms with Crippen LogP contribution in [0.4, 0.5) is 4.79 Å². The van der Waals surface area contributed by atoms with Crippen LogP contribution in [0.5, 0.6) is 0 Å². The highest BCUT2D eigenvalue weighted by Crippen LogP contribution is 2.24. The molecule has 2 saturated heterocycles. The van der Waals surface area contributed by atoms with Crippen LogP contribution in [0.3, 0.4) is 0 Å². The topological polar surface area (TPSA) is 44.8 Å². The van der Waals surface area contributed by atoms with Gasteiger partial charge in [0.1, 0.15) is 0 Å². The number of hydrogen-bond donors (Lipinski definition) is 1. The summed E-state index contributed by atoms with van der Waals surface area (Å²) in [5.74, 6) is 2.11. The van der Waals surface area contributed by atoms with Crippen LogP contribution < -0.4 is 5.32 Å². The van der Waals surface area contributed by atoms with Gasteiger partial charge in [0, 0.05) is 31.9 Å². The van der Waals surface area contributed by atoms with Crippen molar-refractivity contribution in [2.45, 2.75) is 18.5 Å². The molecule has 0 radical (unpaired) electrons. The normalized spacial score (nSPS) is 20.7. The lowest BCUT2D eigenvalue weighted by Gasteiger charge is -2.36. The number of ether oxygens (including phenoxy) is 1. The Kier molecular flexibility index (Phi) is 7.67. The van der Waals surface area contributed by atoms with Gasteiger partial charge >= 0.3 is 6.03 Å². The van der Waals surface area contributed by atoms with E-state index >= 15 is 0 Å². The van der Waals surface area contributed by atoms with Crippen molar-refractivity contribution in [3.8, 4) is 0 Å². The minimum atomic E-state index is -0.153. The van der Waals surface area contributed by atoms with Crippen LogP contribution in [0.15, 0.2) is 60.7 Å². The number of benzene rings is 2. The number of urea groups is 1. The van der Waals surface area contributed by atoms with Gasteiger partial charge < -0.3 is 15.0 Å². The molecule has 1 N–H and O–H groups in total. The van der Waals surface area contributed by atoms with Gasteiger partial charge in [-0.25, -0.2) is 4.79 Å². The highest BCUT2D eigenvalue weighted by Gasteiger charge is 2.29. The SMILES string of the molecule is O=C(NC(c1ccccc1)c1ccccc1)N1CCCSCC1CN1CCOCC1. The van der Waals surface area contributed by atoms with Crippen molar-refractivity contribution < 1.29 is 9.53 Å². The predicted octanol–water partition coefficient (Wildman–Crippen LogP) is 3.63. The third-order valence-electron chi connectivity index (χ3n) is 5.81. The molecule has 5 nitrogen and oxygen atoms in total. The first-order valence-corrected chi connectivity index (χ1v) is 12.0. The molecule has 2 aromatic rings. The maximum absolute atomic E-state index is 13.5. The van der Waals surface area contributed by atoms with E-state index < -0.39 is 0 Å². The van der Waals surface area contributed by atoms with E-state index in [1.54, 1.807) is 0 Å². The second-order valence-corrected chi connectivity index (χ2v) is 9.04. The highest BCUT2D eigenvalue weighted by atomic mass is 32.2. The summed E-state index contributed by atoms with van der Waals surface area (Å²) in [5.41, 5.74) is 2.21. The van der Waals surface area contributed by atoms with E-state index in [4.69, 9.17) is 4.74 Å². The van der Waals surface area contributed by atoms with Gasteiger partial charge in [0.05, 0.1) is 25.3 Å². The summed E-state index contributed by atoms with van der Waals surface area (Å²) < 4.78 is 5.50. The molecule has 4 rings (SSSR count). The molecule has 2 aliphatic rings. The fraction of sp³-hybridized carbons (Fsp3) is 0.458. The monoisotopic (exact) mass is 425 g/mol. The van der Waals surface area contributed by atoms with Crippen molar-refractivity contribution >= 4 is 17.8 Å². The second-order valence-electron chi connectivity index (χ2n) is 7.89. The number of thioether (sulfide) groups is 1. The van der Waals surface area contributed by atoms with E-state index in [-0.39, 0.29) is 18.1 Å². The Morgan fingerprint density at radius 1 is 1.00 bits per heavy atom. The van der Waals surface area contributed by atoms with E-state index in [0.29, 0.717) is 0 Å². The molecule has 6 heteroatoms. The smallest absolute Gasteiger partial charge is 0.318 e. The molecule has 1 atom stereocenters. The minimum Gasteiger partial charge on any atom is -0.379 e. The Morgan fingerprint density at radius 2 is 1.63 bits per heavy atom. The molecule has 0 aromatic heterocycles. The number of nitrogens with zero attached hydrogens (tertiary/aromatic N) is 2. The first kappa shape index (κ1) is 21.2. The van der Waals surface area contributed by atoms with Crippen molar-refractivity contribution in [3.63, 3.8) is 0 Å². The summed E-state index contributed by atoms with van der Waals surface area (Å²) in [5, 5.41) is 3.35. The molecule has 0 aliphatic carbocycles. The van der Waals surface area contributed by atoms with E-state index in [0.717, 1.165) is 68.4 Å². The molecule has 160 valence electrons. The van der Waals surface area contributed by atoms with Crippen LogP contribution in [0, 0.1) is 0 Å². The lowest BCUT2D eigenvalue weighted by molar-refractivity contribution is 0.0283. The van der Waals surface area contributed by atoms with Crippen molar-refractivity contribution in [1.82, 2.24) is 15.1 Å². The summed E-state index contributed by atoms with van der Waals surface area (Å²) >= 11 is 1.97. The number of rotatable bonds is 5. The quantitative estimate of drug-likeness (QED) is 0.795. The fourth-order valence-electron chi connectivity index (χ4n) is 4.19. The molecule has 2 aliphatic heterocycles. The zero-order valence-corrected chi connectivity index (χ0v) is 18.2. The van der Waals surface area contributed by atoms with Gasteiger partial charge in [-0.2, -0.15) is 11.8 Å². The van der Waals surface area contributed by atoms with Gasteiger partial charge in [-0.3, -0.25) is 4.90 Å². The molecular weight excluding hydrogens is 394 g/mol. The lowest BCUT2D eigenvalue weighted by atomic mass is 9.99. The minimum absolute atomic E-state index is 0.0356. The van der Waals surface area contributed by atoms with E-state index in [9.17, 15) is 4.79 Å². The second kappa shape index (κ2) is 10.8. The van der Waals surface area contributed by atoms with Gasteiger partial charge in [0.2, 0.25) is 0 Å². The van der Waals surface area contributed by atoms with Crippen LogP contribution >= 0.6 is 11.8 Å². The molecule has 2 amide bonds. The number of carbonyl (C=O) groups is 1. The molecule has 2 fully saturated rings. The zero-order chi connectivity index (χ0) is 20.6. The van der Waals surface area contributed by atoms with E-state index in [2.05, 4.69) is 39.4 Å². The summed E-state index contributed by atoms with van der Waals surface area (Å²) in [6.45, 7) is 5.21. The van der Waals surface area contributed by atoms with Crippen molar-refractivity contribution in [2.75, 3.05) is 50.9 Å². The Labute approximate surface area is 183 Å². The average molecular weight is 426 g/mol. The van der Waals surface area contributed by atoms with Gasteiger partial charge in [-0.15, -0.1) is 0 Å². The van der Waals surface area contributed by atoms with Gasteiger partial charge in [0.25, 0.3) is 0 Å². The fourth-order valence-corrected chi connectivity index (χ4v) is 5.24. The summed E-state index contributed by atoms with van der Waals surface area (Å²) in [7, 11) is 0. The number of amides is 2. The summed E-state index contributed by atoms with van der Waals surface area (Å²) in [4.78, 5) is 18.0. The third kappa shape index (κ3) is 5.56. The van der Waals surface area contributed by atoms with Crippen LogP contribution in [-0.2, 0) is 4.74 Å². The van der Waals surface area contributed by atoms with Crippen LogP contribution in [0.2, 0.25) is 0 Å². The molecule has 2 aromatic carbocycles. The van der Waals surface area contributed by atoms with Crippen LogP contribution in [-0.4, -0.2) is 72.8 Å². The maximum Gasteiger partial charge on any atom is 0.318 e. The number of carbonyl (C=O) groups excluding carboxylic acids is 1. The van der Waals surface area contributed by atoms with Gasteiger partial charge in [0.15, 0.2) is 0 Å². The molecular formula is C24H31N3O2S. The zero-order valence-electron chi connectivity index (χ0n) is 17.4. The Morgan fingerprint density at radius 3 is 2.27 bits per heavy atom. The highest BCUT2D eigenvalue weighted by molar-refractivity contribution is 7.99. The average Bonchev–Trinajstić information content (AvgIpc) is 3.05. The predicted molar refractivity (Wildman–Crippen MR) is 123 cm³/mol. The van der Waals surface area contributed by atoms with Crippen LogP contribution in [0.1, 0.15) is 23.6 Å². The lowest BCUT2D eigenvalue weighted by Crippen LogP contribution is -2.53. The number of nitrogens with one attached hydrogen (secondary N) is 1. The molecule has 2 heterocycles. The largest absolute Gasteiger partial charge is 0.379 e. The summed E-state index contributed by atoms with van der Waals surface area (Å²) in [6, 6.07) is 20.6. The maximum atomic E-state index is 13.5. The van der Waals surface area contributed by atoms with E-state index in [1.165, 1.54) is 0 Å². The molecule has 0 bridgehead atoms. The standard InChI is InChI=1S/C24H31N3O2S/c28-24(25-23(20-8-3-1-4-9-20)21-10-5-2-6-11-21)27-12-7-17-30-19-22(27)18-26-13-15-29-16-14-26/h1-6,8-11,22-23H,7,12-19H2,(H,25,28). The van der Waals surface area contributed by atoms with E-state index in [1.807, 2.05) is 48.2 Å². The number of hydrogen-bond acceptors (Lipinski definition) is 4. The Hall–Kier alpha value is -2.02.